The first-order valence-electron chi connectivity index (χ1n) is 4.71. The lowest BCUT2D eigenvalue weighted by Gasteiger charge is -2.17. The van der Waals surface area contributed by atoms with Gasteiger partial charge >= 0.3 is 0 Å². The number of hydrazine groups is 1. The van der Waals surface area contributed by atoms with Gasteiger partial charge in [0.1, 0.15) is 5.82 Å². The number of nitrogens with two attached hydrogens (primary N) is 1. The Balaban J connectivity index is 2.95. The van der Waals surface area contributed by atoms with Crippen molar-refractivity contribution in [3.63, 3.8) is 0 Å². The van der Waals surface area contributed by atoms with Crippen LogP contribution in [0.5, 0.6) is 0 Å². The van der Waals surface area contributed by atoms with Crippen molar-refractivity contribution < 1.29 is 4.39 Å². The second-order valence-electron chi connectivity index (χ2n) is 3.22. The smallest absolute Gasteiger partial charge is 0.129 e. The van der Waals surface area contributed by atoms with E-state index in [1.807, 2.05) is 0 Å². The molecule has 82 valence electrons. The first kappa shape index (κ1) is 12.4. The molecule has 2 nitrogen and oxygen atoms in total. The number of rotatable bonds is 5. The van der Waals surface area contributed by atoms with E-state index in [-0.39, 0.29) is 11.9 Å². The van der Waals surface area contributed by atoms with Gasteiger partial charge in [0.2, 0.25) is 0 Å². The SMILES string of the molecule is C=CCCC(NN)c1c(F)cccc1Br. The molecule has 0 aliphatic rings. The molecular weight excluding hydrogens is 259 g/mol. The maximum absolute atomic E-state index is 13.6. The van der Waals surface area contributed by atoms with Crippen molar-refractivity contribution in [1.29, 1.82) is 0 Å². The second kappa shape index (κ2) is 6.00. The summed E-state index contributed by atoms with van der Waals surface area (Å²) in [4.78, 5) is 0. The van der Waals surface area contributed by atoms with Crippen LogP contribution in [0.2, 0.25) is 0 Å². The molecule has 1 unspecified atom stereocenters. The third kappa shape index (κ3) is 3.12. The van der Waals surface area contributed by atoms with Crippen LogP contribution < -0.4 is 11.3 Å². The number of hydrogen-bond donors (Lipinski definition) is 2. The standard InChI is InChI=1S/C11H14BrFN2/c1-2-3-7-10(15-14)11-8(12)5-4-6-9(11)13/h2,4-6,10,15H,1,3,7,14H2. The lowest BCUT2D eigenvalue weighted by atomic mass is 10.0. The van der Waals surface area contributed by atoms with E-state index in [1.54, 1.807) is 18.2 Å². The topological polar surface area (TPSA) is 38.0 Å². The van der Waals surface area contributed by atoms with Gasteiger partial charge in [-0.25, -0.2) is 4.39 Å². The average molecular weight is 273 g/mol. The van der Waals surface area contributed by atoms with Gasteiger partial charge in [0.25, 0.3) is 0 Å². The van der Waals surface area contributed by atoms with E-state index in [2.05, 4.69) is 27.9 Å². The van der Waals surface area contributed by atoms with Gasteiger partial charge in [-0.1, -0.05) is 28.1 Å². The zero-order valence-corrected chi connectivity index (χ0v) is 9.93. The Morgan fingerprint density at radius 1 is 1.60 bits per heavy atom. The van der Waals surface area contributed by atoms with E-state index in [1.165, 1.54) is 6.07 Å². The Bertz CT molecular complexity index is 321. The first-order valence-corrected chi connectivity index (χ1v) is 5.51. The molecule has 0 amide bonds. The van der Waals surface area contributed by atoms with Gasteiger partial charge in [0.05, 0.1) is 6.04 Å². The number of allylic oxidation sites excluding steroid dienone is 1. The van der Waals surface area contributed by atoms with Gasteiger partial charge in [-0.15, -0.1) is 6.58 Å². The maximum Gasteiger partial charge on any atom is 0.129 e. The van der Waals surface area contributed by atoms with Gasteiger partial charge in [0.15, 0.2) is 0 Å². The van der Waals surface area contributed by atoms with Crippen molar-refractivity contribution in [2.75, 3.05) is 0 Å². The minimum Gasteiger partial charge on any atom is -0.271 e. The van der Waals surface area contributed by atoms with E-state index in [9.17, 15) is 4.39 Å². The Kier molecular flexibility index (Phi) is 4.94. The predicted molar refractivity (Wildman–Crippen MR) is 63.6 cm³/mol. The highest BCUT2D eigenvalue weighted by Gasteiger charge is 2.16. The quantitative estimate of drug-likeness (QED) is 0.491. The van der Waals surface area contributed by atoms with Crippen molar-refractivity contribution >= 4 is 15.9 Å². The van der Waals surface area contributed by atoms with Crippen molar-refractivity contribution in [2.24, 2.45) is 5.84 Å². The third-order valence-corrected chi connectivity index (χ3v) is 2.90. The Hall–Kier alpha value is -0.710. The number of halogens is 2. The summed E-state index contributed by atoms with van der Waals surface area (Å²) in [6.07, 6.45) is 3.30. The summed E-state index contributed by atoms with van der Waals surface area (Å²) in [5, 5.41) is 0. The van der Waals surface area contributed by atoms with Crippen LogP contribution in [-0.2, 0) is 0 Å². The van der Waals surface area contributed by atoms with Crippen molar-refractivity contribution in [1.82, 2.24) is 5.43 Å². The Morgan fingerprint density at radius 2 is 2.33 bits per heavy atom. The molecule has 0 aromatic heterocycles. The molecule has 1 aromatic carbocycles. The van der Waals surface area contributed by atoms with Crippen molar-refractivity contribution in [3.8, 4) is 0 Å². The zero-order chi connectivity index (χ0) is 11.3. The van der Waals surface area contributed by atoms with Crippen LogP contribution in [0.4, 0.5) is 4.39 Å². The van der Waals surface area contributed by atoms with Crippen LogP contribution in [0.3, 0.4) is 0 Å². The summed E-state index contributed by atoms with van der Waals surface area (Å²) in [6, 6.07) is 4.69. The van der Waals surface area contributed by atoms with E-state index in [0.717, 1.165) is 17.3 Å². The molecule has 0 saturated carbocycles. The van der Waals surface area contributed by atoms with Gasteiger partial charge < -0.3 is 0 Å². The van der Waals surface area contributed by atoms with Crippen LogP contribution >= 0.6 is 15.9 Å². The summed E-state index contributed by atoms with van der Waals surface area (Å²) in [5.74, 6) is 5.16. The summed E-state index contributed by atoms with van der Waals surface area (Å²) in [7, 11) is 0. The zero-order valence-electron chi connectivity index (χ0n) is 8.34. The lowest BCUT2D eigenvalue weighted by molar-refractivity contribution is 0.486. The second-order valence-corrected chi connectivity index (χ2v) is 4.07. The molecule has 0 radical (unpaired) electrons. The van der Waals surface area contributed by atoms with Crippen LogP contribution in [0.15, 0.2) is 35.3 Å². The fourth-order valence-electron chi connectivity index (χ4n) is 1.44. The average Bonchev–Trinajstić information content (AvgIpc) is 2.22. The van der Waals surface area contributed by atoms with Gasteiger partial charge in [-0.3, -0.25) is 11.3 Å². The molecule has 1 aromatic rings. The third-order valence-electron chi connectivity index (χ3n) is 2.21. The molecule has 4 heteroatoms. The Labute approximate surface area is 97.5 Å². The Morgan fingerprint density at radius 3 is 2.87 bits per heavy atom. The van der Waals surface area contributed by atoms with Crippen LogP contribution in [0.1, 0.15) is 24.4 Å². The van der Waals surface area contributed by atoms with Crippen LogP contribution in [0.25, 0.3) is 0 Å². The van der Waals surface area contributed by atoms with E-state index in [0.29, 0.717) is 5.56 Å². The van der Waals surface area contributed by atoms with E-state index < -0.39 is 0 Å². The van der Waals surface area contributed by atoms with Crippen molar-refractivity contribution in [2.45, 2.75) is 18.9 Å². The molecule has 0 aliphatic heterocycles. The summed E-state index contributed by atoms with van der Waals surface area (Å²) in [5.41, 5.74) is 3.19. The molecule has 3 N–H and O–H groups in total. The molecule has 0 saturated heterocycles. The fourth-order valence-corrected chi connectivity index (χ4v) is 2.06. The van der Waals surface area contributed by atoms with Gasteiger partial charge in [-0.2, -0.15) is 0 Å². The van der Waals surface area contributed by atoms with E-state index >= 15 is 0 Å². The summed E-state index contributed by atoms with van der Waals surface area (Å²) >= 11 is 3.32. The molecule has 1 rings (SSSR count). The first-order chi connectivity index (χ1) is 7.20. The minimum atomic E-state index is -0.253. The molecular formula is C11H14BrFN2. The maximum atomic E-state index is 13.6. The predicted octanol–water partition coefficient (Wildman–Crippen LogP) is 3.06. The molecule has 15 heavy (non-hydrogen) atoms. The molecule has 0 aliphatic carbocycles. The van der Waals surface area contributed by atoms with Gasteiger partial charge in [0, 0.05) is 10.0 Å². The highest BCUT2D eigenvalue weighted by molar-refractivity contribution is 9.10. The van der Waals surface area contributed by atoms with Crippen molar-refractivity contribution in [3.05, 3.63) is 46.7 Å². The normalized spacial score (nSPS) is 12.5. The van der Waals surface area contributed by atoms with Crippen LogP contribution in [0, 0.1) is 5.82 Å². The monoisotopic (exact) mass is 272 g/mol. The van der Waals surface area contributed by atoms with E-state index in [4.69, 9.17) is 5.84 Å². The molecule has 1 atom stereocenters. The molecule has 0 fully saturated rings. The number of nitrogens with one attached hydrogen (secondary N) is 1. The molecule has 0 spiro atoms. The highest BCUT2D eigenvalue weighted by atomic mass is 79.9. The number of benzene rings is 1. The van der Waals surface area contributed by atoms with Crippen LogP contribution in [-0.4, -0.2) is 0 Å². The summed E-state index contributed by atoms with van der Waals surface area (Å²) in [6.45, 7) is 3.63. The largest absolute Gasteiger partial charge is 0.271 e. The fraction of sp³-hybridized carbons (Fsp3) is 0.273. The molecule has 0 heterocycles. The molecule has 0 bridgehead atoms. The van der Waals surface area contributed by atoms with Gasteiger partial charge in [-0.05, 0) is 25.0 Å². The lowest BCUT2D eigenvalue weighted by Crippen LogP contribution is -2.28. The summed E-state index contributed by atoms with van der Waals surface area (Å²) < 4.78 is 14.3. The number of hydrogen-bond acceptors (Lipinski definition) is 2. The highest BCUT2D eigenvalue weighted by Crippen LogP contribution is 2.28. The minimum absolute atomic E-state index is 0.196.